The molecule has 7 rings (SSSR count). The Kier molecular flexibility index (Phi) is 2.50. The first kappa shape index (κ1) is 13.5. The van der Waals surface area contributed by atoms with Crippen LogP contribution in [-0.4, -0.2) is 0 Å². The van der Waals surface area contributed by atoms with E-state index in [-0.39, 0.29) is 0 Å². The summed E-state index contributed by atoms with van der Waals surface area (Å²) in [5.74, 6) is 3.05. The van der Waals surface area contributed by atoms with E-state index in [1.807, 2.05) is 6.07 Å². The lowest BCUT2D eigenvalue weighted by Crippen LogP contribution is -2.48. The van der Waals surface area contributed by atoms with E-state index in [9.17, 15) is 0 Å². The number of hydrogen-bond acceptors (Lipinski definition) is 1. The van der Waals surface area contributed by atoms with Crippen molar-refractivity contribution in [2.24, 2.45) is 17.8 Å². The third-order valence-corrected chi connectivity index (χ3v) is 7.56. The van der Waals surface area contributed by atoms with Crippen LogP contribution in [0.25, 0.3) is 11.1 Å². The summed E-state index contributed by atoms with van der Waals surface area (Å²) in [5, 5.41) is 0. The second-order valence-corrected chi connectivity index (χ2v) is 9.16. The largest absolute Gasteiger partial charge is 0.399 e. The monoisotopic (exact) mass is 315 g/mol. The molecule has 5 aliphatic rings. The van der Waals surface area contributed by atoms with Gasteiger partial charge >= 0.3 is 0 Å². The molecule has 1 nitrogen and oxygen atoms in total. The van der Waals surface area contributed by atoms with Gasteiger partial charge in [-0.3, -0.25) is 0 Å². The molecule has 0 amide bonds. The van der Waals surface area contributed by atoms with Gasteiger partial charge in [-0.2, -0.15) is 0 Å². The summed E-state index contributed by atoms with van der Waals surface area (Å²) in [6.45, 7) is 0. The lowest BCUT2D eigenvalue weighted by molar-refractivity contribution is -0.00520. The molecule has 0 saturated heterocycles. The zero-order chi connectivity index (χ0) is 15.9. The number of rotatable bonds is 1. The topological polar surface area (TPSA) is 26.0 Å². The van der Waals surface area contributed by atoms with E-state index in [2.05, 4.69) is 30.3 Å². The van der Waals surface area contributed by atoms with Crippen LogP contribution in [-0.2, 0) is 11.8 Å². The van der Waals surface area contributed by atoms with Crippen LogP contribution in [0, 0.1) is 17.8 Å². The van der Waals surface area contributed by atoms with Gasteiger partial charge in [-0.25, -0.2) is 0 Å². The van der Waals surface area contributed by atoms with Crippen molar-refractivity contribution in [2.75, 3.05) is 5.73 Å². The first-order valence-electron chi connectivity index (χ1n) is 9.71. The number of anilines is 1. The molecule has 2 N–H and O–H groups in total. The zero-order valence-electron chi connectivity index (χ0n) is 14.2. The van der Waals surface area contributed by atoms with Crippen LogP contribution in [0.3, 0.4) is 0 Å². The Bertz CT molecular complexity index is 812. The minimum atomic E-state index is 0.511. The van der Waals surface area contributed by atoms with E-state index in [4.69, 9.17) is 5.73 Å². The van der Waals surface area contributed by atoms with E-state index < -0.39 is 0 Å². The highest BCUT2D eigenvalue weighted by molar-refractivity contribution is 5.78. The molecule has 0 heterocycles. The van der Waals surface area contributed by atoms with E-state index in [0.717, 1.165) is 29.9 Å². The molecule has 0 spiro atoms. The fourth-order valence-corrected chi connectivity index (χ4v) is 7.02. The van der Waals surface area contributed by atoms with Gasteiger partial charge in [-0.15, -0.1) is 0 Å². The van der Waals surface area contributed by atoms with Gasteiger partial charge in [0.25, 0.3) is 0 Å². The van der Waals surface area contributed by atoms with Crippen LogP contribution in [0.2, 0.25) is 0 Å². The molecule has 2 aromatic rings. The Morgan fingerprint density at radius 2 is 1.33 bits per heavy atom. The first-order chi connectivity index (χ1) is 11.7. The number of hydrogen-bond donors (Lipinski definition) is 1. The van der Waals surface area contributed by atoms with Crippen LogP contribution < -0.4 is 5.73 Å². The predicted molar refractivity (Wildman–Crippen MR) is 98.9 cm³/mol. The van der Waals surface area contributed by atoms with Gasteiger partial charge in [0.1, 0.15) is 0 Å². The Morgan fingerprint density at radius 1 is 0.750 bits per heavy atom. The van der Waals surface area contributed by atoms with Gasteiger partial charge in [-0.05, 0) is 108 Å². The molecule has 0 radical (unpaired) electrons. The minimum Gasteiger partial charge on any atom is -0.399 e. The highest BCUT2D eigenvalue weighted by Crippen LogP contribution is 2.61. The summed E-state index contributed by atoms with van der Waals surface area (Å²) in [6, 6.07) is 13.9. The Hall–Kier alpha value is -1.76. The van der Waals surface area contributed by atoms with Crippen molar-refractivity contribution in [3.05, 3.63) is 53.1 Å². The molecule has 5 aliphatic carbocycles. The summed E-state index contributed by atoms with van der Waals surface area (Å²) < 4.78 is 0. The SMILES string of the molecule is Nc1ccc2c(c1)Cc1cc(C34CC5CC(CC(C5)C3)C4)ccc1-2. The lowest BCUT2D eigenvalue weighted by atomic mass is 9.48. The summed E-state index contributed by atoms with van der Waals surface area (Å²) >= 11 is 0. The van der Waals surface area contributed by atoms with Crippen LogP contribution in [0.1, 0.15) is 55.2 Å². The van der Waals surface area contributed by atoms with Crippen molar-refractivity contribution in [2.45, 2.75) is 50.4 Å². The molecule has 0 atom stereocenters. The molecule has 24 heavy (non-hydrogen) atoms. The van der Waals surface area contributed by atoms with Crippen molar-refractivity contribution in [1.29, 1.82) is 0 Å². The van der Waals surface area contributed by atoms with Crippen molar-refractivity contribution >= 4 is 5.69 Å². The van der Waals surface area contributed by atoms with Crippen LogP contribution >= 0.6 is 0 Å². The third kappa shape index (κ3) is 1.76. The van der Waals surface area contributed by atoms with E-state index in [1.54, 1.807) is 5.56 Å². The average Bonchev–Trinajstić information content (AvgIpc) is 2.90. The van der Waals surface area contributed by atoms with E-state index >= 15 is 0 Å². The summed E-state index contributed by atoms with van der Waals surface area (Å²) in [6.07, 6.45) is 10.0. The zero-order valence-corrected chi connectivity index (χ0v) is 14.2. The fraction of sp³-hybridized carbons (Fsp3) is 0.478. The fourth-order valence-electron chi connectivity index (χ4n) is 7.02. The first-order valence-corrected chi connectivity index (χ1v) is 9.71. The van der Waals surface area contributed by atoms with Crippen LogP contribution in [0.4, 0.5) is 5.69 Å². The van der Waals surface area contributed by atoms with Gasteiger partial charge in [0.15, 0.2) is 0 Å². The number of benzene rings is 2. The van der Waals surface area contributed by atoms with Crippen LogP contribution in [0.5, 0.6) is 0 Å². The molecule has 1 heteroatoms. The Labute approximate surface area is 144 Å². The molecule has 0 aromatic heterocycles. The van der Waals surface area contributed by atoms with Gasteiger partial charge in [0.05, 0.1) is 0 Å². The number of fused-ring (bicyclic) bond motifs is 3. The summed E-state index contributed by atoms with van der Waals surface area (Å²) in [7, 11) is 0. The quantitative estimate of drug-likeness (QED) is 0.605. The molecule has 0 aliphatic heterocycles. The molecular weight excluding hydrogens is 290 g/mol. The second-order valence-electron chi connectivity index (χ2n) is 9.16. The average molecular weight is 315 g/mol. The third-order valence-electron chi connectivity index (χ3n) is 7.56. The standard InChI is InChI=1S/C23H25N/c24-20-2-4-22-18(10-20)8-17-9-19(1-3-21(17)22)23-11-14-5-15(12-23)7-16(6-14)13-23/h1-4,9-10,14-16H,5-8,11-13,24H2. The molecule has 122 valence electrons. The summed E-state index contributed by atoms with van der Waals surface area (Å²) in [4.78, 5) is 0. The van der Waals surface area contributed by atoms with Gasteiger partial charge < -0.3 is 5.73 Å². The summed E-state index contributed by atoms with van der Waals surface area (Å²) in [5.41, 5.74) is 14.8. The molecule has 4 fully saturated rings. The lowest BCUT2D eigenvalue weighted by Gasteiger charge is -2.57. The van der Waals surface area contributed by atoms with E-state index in [0.29, 0.717) is 5.41 Å². The van der Waals surface area contributed by atoms with Crippen molar-refractivity contribution in [3.63, 3.8) is 0 Å². The van der Waals surface area contributed by atoms with E-state index in [1.165, 1.54) is 60.8 Å². The highest BCUT2D eigenvalue weighted by atomic mass is 14.6. The van der Waals surface area contributed by atoms with Crippen molar-refractivity contribution in [1.82, 2.24) is 0 Å². The molecule has 0 unspecified atom stereocenters. The molecule has 4 bridgehead atoms. The maximum absolute atomic E-state index is 6.00. The minimum absolute atomic E-state index is 0.511. The maximum Gasteiger partial charge on any atom is 0.0317 e. The number of nitrogens with two attached hydrogens (primary N) is 1. The Morgan fingerprint density at radius 3 is 2.00 bits per heavy atom. The van der Waals surface area contributed by atoms with Gasteiger partial charge in [0.2, 0.25) is 0 Å². The molecular formula is C23H25N. The predicted octanol–water partition coefficient (Wildman–Crippen LogP) is 5.31. The van der Waals surface area contributed by atoms with Gasteiger partial charge in [-0.1, -0.05) is 24.3 Å². The van der Waals surface area contributed by atoms with Crippen LogP contribution in [0.15, 0.2) is 36.4 Å². The second kappa shape index (κ2) is 4.45. The number of nitrogen functional groups attached to an aromatic ring is 1. The van der Waals surface area contributed by atoms with Crippen molar-refractivity contribution < 1.29 is 0 Å². The Balaban J connectivity index is 1.43. The molecule has 4 saturated carbocycles. The van der Waals surface area contributed by atoms with Crippen molar-refractivity contribution in [3.8, 4) is 11.1 Å². The highest BCUT2D eigenvalue weighted by Gasteiger charge is 2.51. The normalized spacial score (nSPS) is 35.1. The smallest absolute Gasteiger partial charge is 0.0317 e. The van der Waals surface area contributed by atoms with Gasteiger partial charge in [0, 0.05) is 5.69 Å². The molecule has 2 aromatic carbocycles. The maximum atomic E-state index is 6.00.